The maximum Gasteiger partial charge on any atom is 0.338 e. The first kappa shape index (κ1) is 28.9. The zero-order valence-electron chi connectivity index (χ0n) is 23.7. The lowest BCUT2D eigenvalue weighted by Crippen LogP contribution is -2.55. The van der Waals surface area contributed by atoms with Crippen LogP contribution >= 0.6 is 0 Å². The van der Waals surface area contributed by atoms with E-state index in [4.69, 9.17) is 9.47 Å². The Hall–Kier alpha value is -4.05. The van der Waals surface area contributed by atoms with E-state index in [1.54, 1.807) is 16.7 Å². The molecule has 10 heteroatoms. The second-order valence-corrected chi connectivity index (χ2v) is 10.1. The highest BCUT2D eigenvalue weighted by Gasteiger charge is 2.38. The molecular formula is C30H39N5O5. The summed E-state index contributed by atoms with van der Waals surface area (Å²) in [5.74, 6) is 0.814. The van der Waals surface area contributed by atoms with Gasteiger partial charge in [-0.25, -0.2) is 14.4 Å². The number of hydrogen-bond donors (Lipinski definition) is 2. The van der Waals surface area contributed by atoms with E-state index in [-0.39, 0.29) is 24.7 Å². The molecule has 1 atom stereocenters. The Morgan fingerprint density at radius 1 is 1.00 bits per heavy atom. The number of likely N-dealkylation sites (N-methyl/N-ethyl adjacent to an activating group) is 1. The number of nitrogens with zero attached hydrogens (tertiary/aromatic N) is 3. The fraction of sp³-hybridized carbons (Fsp3) is 0.433. The zero-order chi connectivity index (χ0) is 28.6. The van der Waals surface area contributed by atoms with Crippen LogP contribution in [0.2, 0.25) is 0 Å². The summed E-state index contributed by atoms with van der Waals surface area (Å²) in [5.41, 5.74) is 1.73. The Kier molecular flexibility index (Phi) is 9.65. The van der Waals surface area contributed by atoms with Gasteiger partial charge in [0.2, 0.25) is 0 Å². The minimum atomic E-state index is -0.707. The molecular weight excluding hydrogens is 510 g/mol. The van der Waals surface area contributed by atoms with Gasteiger partial charge in [0, 0.05) is 51.0 Å². The number of carbonyl (C=O) groups excluding carboxylic acids is 3. The Labute approximate surface area is 235 Å². The number of esters is 1. The summed E-state index contributed by atoms with van der Waals surface area (Å²) in [6.07, 6.45) is 0. The van der Waals surface area contributed by atoms with Crippen LogP contribution in [0.3, 0.4) is 0 Å². The lowest BCUT2D eigenvalue weighted by molar-refractivity contribution is -0.139. The minimum Gasteiger partial charge on any atom is -0.463 e. The van der Waals surface area contributed by atoms with Gasteiger partial charge in [-0.1, -0.05) is 30.3 Å². The summed E-state index contributed by atoms with van der Waals surface area (Å²) < 4.78 is 11.5. The quantitative estimate of drug-likeness (QED) is 0.456. The van der Waals surface area contributed by atoms with E-state index in [0.29, 0.717) is 67.6 Å². The maximum absolute atomic E-state index is 13.5. The molecule has 0 spiro atoms. The number of piperazine rings is 1. The van der Waals surface area contributed by atoms with E-state index in [2.05, 4.69) is 15.5 Å². The molecule has 40 heavy (non-hydrogen) atoms. The number of hydrogen-bond acceptors (Lipinski definition) is 6. The van der Waals surface area contributed by atoms with Crippen LogP contribution in [-0.4, -0.2) is 84.6 Å². The van der Waals surface area contributed by atoms with Gasteiger partial charge in [0.15, 0.2) is 0 Å². The third-order valence-corrected chi connectivity index (χ3v) is 6.87. The standard InChI is InChI=1S/C30H39N5O5/c1-5-35-25(20-33-15-17-34(18-16-33)29(37)31-21(3)4)26(28(36)39-6-2)27(32-30(35)38)22-11-10-14-24(19-22)40-23-12-8-7-9-13-23/h7-14,19,21,27H,5-6,15-18,20H2,1-4H3,(H,31,37)(H,32,38)/t27-/m1/s1. The Balaban J connectivity index is 1.63. The maximum atomic E-state index is 13.5. The topological polar surface area (TPSA) is 103 Å². The molecule has 1 saturated heterocycles. The van der Waals surface area contributed by atoms with Crippen LogP contribution in [0, 0.1) is 0 Å². The van der Waals surface area contributed by atoms with Crippen molar-refractivity contribution in [1.29, 1.82) is 0 Å². The average molecular weight is 550 g/mol. The van der Waals surface area contributed by atoms with Gasteiger partial charge >= 0.3 is 18.0 Å². The second kappa shape index (κ2) is 13.3. The van der Waals surface area contributed by atoms with Crippen molar-refractivity contribution >= 4 is 18.0 Å². The first-order valence-corrected chi connectivity index (χ1v) is 13.9. The van der Waals surface area contributed by atoms with Crippen LogP contribution in [0.25, 0.3) is 0 Å². The van der Waals surface area contributed by atoms with Crippen molar-refractivity contribution in [2.24, 2.45) is 0 Å². The summed E-state index contributed by atoms with van der Waals surface area (Å²) in [7, 11) is 0. The van der Waals surface area contributed by atoms with Gasteiger partial charge in [0.05, 0.1) is 18.2 Å². The van der Waals surface area contributed by atoms with E-state index in [1.807, 2.05) is 75.4 Å². The summed E-state index contributed by atoms with van der Waals surface area (Å²) >= 11 is 0. The van der Waals surface area contributed by atoms with Crippen LogP contribution in [0.15, 0.2) is 65.9 Å². The second-order valence-electron chi connectivity index (χ2n) is 10.1. The van der Waals surface area contributed by atoms with Crippen LogP contribution in [-0.2, 0) is 9.53 Å². The van der Waals surface area contributed by atoms with E-state index in [9.17, 15) is 14.4 Å². The van der Waals surface area contributed by atoms with E-state index in [1.165, 1.54) is 0 Å². The van der Waals surface area contributed by atoms with Gasteiger partial charge in [-0.3, -0.25) is 9.80 Å². The van der Waals surface area contributed by atoms with Crippen LogP contribution in [0.1, 0.15) is 39.3 Å². The molecule has 2 aliphatic heterocycles. The van der Waals surface area contributed by atoms with Gasteiger partial charge in [-0.05, 0) is 57.5 Å². The number of carbonyl (C=O) groups is 3. The molecule has 0 unspecified atom stereocenters. The number of rotatable bonds is 9. The van der Waals surface area contributed by atoms with Crippen molar-refractivity contribution in [3.8, 4) is 11.5 Å². The monoisotopic (exact) mass is 549 g/mol. The lowest BCUT2D eigenvalue weighted by atomic mass is 9.94. The molecule has 4 rings (SSSR count). The Bertz CT molecular complexity index is 1220. The van der Waals surface area contributed by atoms with Gasteiger partial charge in [-0.15, -0.1) is 0 Å². The molecule has 2 aromatic rings. The lowest BCUT2D eigenvalue weighted by Gasteiger charge is -2.40. The molecule has 10 nitrogen and oxygen atoms in total. The Morgan fingerprint density at radius 3 is 2.35 bits per heavy atom. The Morgan fingerprint density at radius 2 is 1.70 bits per heavy atom. The average Bonchev–Trinajstić information content (AvgIpc) is 2.93. The summed E-state index contributed by atoms with van der Waals surface area (Å²) in [6.45, 7) is 10.9. The molecule has 4 amide bonds. The molecule has 2 aliphatic rings. The summed E-state index contributed by atoms with van der Waals surface area (Å²) in [5, 5.41) is 5.95. The molecule has 0 bridgehead atoms. The molecule has 214 valence electrons. The molecule has 2 heterocycles. The zero-order valence-corrected chi connectivity index (χ0v) is 23.7. The van der Waals surface area contributed by atoms with Crippen LogP contribution in [0.5, 0.6) is 11.5 Å². The fourth-order valence-corrected chi connectivity index (χ4v) is 4.95. The minimum absolute atomic E-state index is 0.0650. The third kappa shape index (κ3) is 6.93. The number of amides is 4. The van der Waals surface area contributed by atoms with E-state index < -0.39 is 12.0 Å². The van der Waals surface area contributed by atoms with Gasteiger partial charge in [0.25, 0.3) is 0 Å². The normalized spacial score (nSPS) is 18.0. The highest BCUT2D eigenvalue weighted by Crippen LogP contribution is 2.34. The fourth-order valence-electron chi connectivity index (χ4n) is 4.95. The molecule has 2 aromatic carbocycles. The van der Waals surface area contributed by atoms with E-state index >= 15 is 0 Å². The molecule has 0 saturated carbocycles. The SMILES string of the molecule is CCOC(=O)C1=C(CN2CCN(C(=O)NC(C)C)CC2)N(CC)C(=O)N[C@@H]1c1cccc(Oc2ccccc2)c1. The first-order valence-electron chi connectivity index (χ1n) is 13.9. The molecule has 0 radical (unpaired) electrons. The third-order valence-electron chi connectivity index (χ3n) is 6.87. The van der Waals surface area contributed by atoms with Crippen molar-refractivity contribution < 1.29 is 23.9 Å². The number of urea groups is 2. The molecule has 1 fully saturated rings. The highest BCUT2D eigenvalue weighted by atomic mass is 16.5. The van der Waals surface area contributed by atoms with Crippen molar-refractivity contribution in [3.63, 3.8) is 0 Å². The van der Waals surface area contributed by atoms with Gasteiger partial charge < -0.3 is 25.0 Å². The smallest absolute Gasteiger partial charge is 0.338 e. The highest BCUT2D eigenvalue weighted by molar-refractivity contribution is 5.95. The first-order chi connectivity index (χ1) is 19.3. The number of benzene rings is 2. The molecule has 0 aliphatic carbocycles. The number of para-hydroxylation sites is 1. The molecule has 0 aromatic heterocycles. The van der Waals surface area contributed by atoms with Gasteiger partial charge in [0.1, 0.15) is 11.5 Å². The number of nitrogens with one attached hydrogen (secondary N) is 2. The van der Waals surface area contributed by atoms with E-state index in [0.717, 1.165) is 0 Å². The van der Waals surface area contributed by atoms with Crippen LogP contribution < -0.4 is 15.4 Å². The predicted octanol–water partition coefficient (Wildman–Crippen LogP) is 4.12. The summed E-state index contributed by atoms with van der Waals surface area (Å²) in [4.78, 5) is 44.8. The van der Waals surface area contributed by atoms with Gasteiger partial charge in [-0.2, -0.15) is 0 Å². The van der Waals surface area contributed by atoms with Crippen molar-refractivity contribution in [2.45, 2.75) is 39.8 Å². The largest absolute Gasteiger partial charge is 0.463 e. The van der Waals surface area contributed by atoms with Crippen molar-refractivity contribution in [3.05, 3.63) is 71.4 Å². The number of ether oxygens (including phenoxy) is 2. The summed E-state index contributed by atoms with van der Waals surface area (Å²) in [6, 6.07) is 15.8. The van der Waals surface area contributed by atoms with Crippen LogP contribution in [0.4, 0.5) is 9.59 Å². The molecule has 2 N–H and O–H groups in total. The van der Waals surface area contributed by atoms with Crippen molar-refractivity contribution in [2.75, 3.05) is 45.9 Å². The predicted molar refractivity (Wildman–Crippen MR) is 152 cm³/mol. The van der Waals surface area contributed by atoms with Crippen molar-refractivity contribution in [1.82, 2.24) is 25.3 Å².